The predicted molar refractivity (Wildman–Crippen MR) is 89.1 cm³/mol. The summed E-state index contributed by atoms with van der Waals surface area (Å²) in [6.07, 6.45) is 7.03. The second kappa shape index (κ2) is 11.9. The van der Waals surface area contributed by atoms with Gasteiger partial charge in [-0.2, -0.15) is 6.08 Å². The van der Waals surface area contributed by atoms with E-state index in [4.69, 9.17) is 18.0 Å². The Morgan fingerprint density at radius 1 is 1.57 bits per heavy atom. The molecule has 124 valence electrons. The third kappa shape index (κ3) is 7.22. The Kier molecular flexibility index (Phi) is 12.7. The fraction of sp³-hybridized carbons (Fsp3) is 0.588. The molecule has 0 fully saturated rings. The summed E-state index contributed by atoms with van der Waals surface area (Å²) in [5, 5.41) is 7.86. The predicted octanol–water partition coefficient (Wildman–Crippen LogP) is 3.08. The van der Waals surface area contributed by atoms with Crippen LogP contribution in [0.25, 0.3) is 0 Å². The van der Waals surface area contributed by atoms with E-state index >= 15 is 0 Å². The van der Waals surface area contributed by atoms with E-state index in [1.807, 2.05) is 20.8 Å². The first kappa shape index (κ1) is 24.7. The number of methoxy groups -OCH3 is 1. The minimum atomic E-state index is -0.823. The second-order valence-electron chi connectivity index (χ2n) is 5.79. The van der Waals surface area contributed by atoms with E-state index in [0.29, 0.717) is 19.2 Å². The van der Waals surface area contributed by atoms with Crippen LogP contribution in [0.4, 0.5) is 0 Å². The maximum absolute atomic E-state index is 12.3. The monoisotopic (exact) mass is 540 g/mol. The summed E-state index contributed by atoms with van der Waals surface area (Å²) in [7, 11) is 6.19. The van der Waals surface area contributed by atoms with E-state index < -0.39 is 17.3 Å². The molecule has 1 unspecified atom stereocenters. The Labute approximate surface area is 164 Å². The fourth-order valence-electron chi connectivity index (χ4n) is 2.18. The van der Waals surface area contributed by atoms with Crippen LogP contribution in [0.15, 0.2) is 18.2 Å². The van der Waals surface area contributed by atoms with Crippen LogP contribution in [0.3, 0.4) is 0 Å². The summed E-state index contributed by atoms with van der Waals surface area (Å²) in [5.74, 6) is -1.67. The molecular weight excluding hydrogens is 515 g/mol. The van der Waals surface area contributed by atoms with Crippen molar-refractivity contribution in [3.8, 4) is 0 Å². The molecule has 0 heterocycles. The number of carbonyl (C=O) groups is 2. The molecule has 0 aromatic rings. The summed E-state index contributed by atoms with van der Waals surface area (Å²) >= 11 is 0. The molecule has 1 aliphatic carbocycles. The van der Waals surface area contributed by atoms with Gasteiger partial charge in [0.2, 0.25) is 0 Å². The van der Waals surface area contributed by atoms with Gasteiger partial charge in [0, 0.05) is 31.1 Å². The van der Waals surface area contributed by atoms with Gasteiger partial charge >= 0.3 is 5.97 Å². The largest absolute Gasteiger partial charge is 0.469 e. The number of allylic oxidation sites excluding steroid dienone is 3. The topological polar surface area (TPSA) is 67.2 Å². The standard InChI is InChI=1S/C14H20NO3.C3H5B.U/c1-5-6-10(15)9-7-8-14(2,3)11(12(9)16)13(17)18-4;1-2-3-4;/h11,15H,5-6,8H2,1-4H3;2H,1,3H2;/q-1;;. The first-order valence-corrected chi connectivity index (χ1v) is 7.38. The molecule has 1 rings (SSSR count). The Morgan fingerprint density at radius 3 is 2.48 bits per heavy atom. The molecule has 6 heteroatoms. The molecule has 0 bridgehead atoms. The molecule has 0 aromatic heterocycles. The van der Waals surface area contributed by atoms with Crippen LogP contribution in [0.1, 0.15) is 40.0 Å². The maximum atomic E-state index is 12.3. The first-order valence-electron chi connectivity index (χ1n) is 7.38. The van der Waals surface area contributed by atoms with E-state index in [-0.39, 0.29) is 48.2 Å². The fourth-order valence-corrected chi connectivity index (χ4v) is 2.18. The average molecular weight is 540 g/mol. The van der Waals surface area contributed by atoms with Gasteiger partial charge in [0.1, 0.15) is 0 Å². The molecule has 0 aliphatic heterocycles. The normalized spacial score (nSPS) is 18.5. The van der Waals surface area contributed by atoms with Crippen LogP contribution in [0.2, 0.25) is 6.32 Å². The van der Waals surface area contributed by atoms with Crippen molar-refractivity contribution in [1.29, 1.82) is 5.41 Å². The Morgan fingerprint density at radius 2 is 2.09 bits per heavy atom. The summed E-state index contributed by atoms with van der Waals surface area (Å²) in [6.45, 7) is 9.00. The zero-order valence-electron chi connectivity index (χ0n) is 14.5. The number of ketones is 1. The Bertz CT molecular complexity index is 472. The van der Waals surface area contributed by atoms with E-state index in [0.717, 1.165) is 6.42 Å². The summed E-state index contributed by atoms with van der Waals surface area (Å²) < 4.78 is 4.71. The molecule has 0 saturated heterocycles. The van der Waals surface area contributed by atoms with Gasteiger partial charge < -0.3 is 14.9 Å². The first-order chi connectivity index (χ1) is 10.3. The third-order valence-corrected chi connectivity index (χ3v) is 3.42. The SMILES string of the molecule is CCCC(=N)C1=[C-]CC(C)(C)C(C(=O)OC)C1=O.[B]CC=C.[U]. The molecule has 0 saturated carbocycles. The van der Waals surface area contributed by atoms with Crippen molar-refractivity contribution in [3.63, 3.8) is 0 Å². The molecule has 4 nitrogen and oxygen atoms in total. The maximum Gasteiger partial charge on any atom is 0.305 e. The van der Waals surface area contributed by atoms with Crippen LogP contribution < -0.4 is 0 Å². The molecule has 2 radical (unpaired) electrons. The molecule has 1 aliphatic rings. The van der Waals surface area contributed by atoms with Crippen LogP contribution in [-0.4, -0.2) is 32.4 Å². The third-order valence-electron chi connectivity index (χ3n) is 3.42. The minimum Gasteiger partial charge on any atom is -0.469 e. The van der Waals surface area contributed by atoms with Crippen LogP contribution >= 0.6 is 0 Å². The number of esters is 1. The molecule has 0 spiro atoms. The zero-order chi connectivity index (χ0) is 17.3. The number of nitrogens with one attached hydrogen (secondary N) is 1. The van der Waals surface area contributed by atoms with E-state index in [2.05, 4.69) is 12.7 Å². The molecular formula is C17H25BNO3U-. The van der Waals surface area contributed by atoms with E-state index in [9.17, 15) is 9.59 Å². The van der Waals surface area contributed by atoms with Crippen LogP contribution in [0, 0.1) is 53.9 Å². The number of carbonyl (C=O) groups excluding carboxylic acids is 2. The van der Waals surface area contributed by atoms with Gasteiger partial charge in [-0.25, -0.2) is 0 Å². The van der Waals surface area contributed by atoms with E-state index in [1.165, 1.54) is 7.11 Å². The Hall–Kier alpha value is -0.593. The molecule has 1 N–H and O–H groups in total. The smallest absolute Gasteiger partial charge is 0.305 e. The van der Waals surface area contributed by atoms with Gasteiger partial charge in [0.25, 0.3) is 0 Å². The molecule has 0 aromatic carbocycles. The number of ether oxygens (including phenoxy) is 1. The van der Waals surface area contributed by atoms with Gasteiger partial charge in [0.05, 0.1) is 26.7 Å². The number of rotatable bonds is 5. The number of hydrogen-bond acceptors (Lipinski definition) is 4. The van der Waals surface area contributed by atoms with Crippen molar-refractivity contribution in [2.45, 2.75) is 46.4 Å². The zero-order valence-corrected chi connectivity index (χ0v) is 18.7. The van der Waals surface area contributed by atoms with E-state index in [1.54, 1.807) is 6.08 Å². The summed E-state index contributed by atoms with van der Waals surface area (Å²) in [4.78, 5) is 24.1. The molecule has 1 atom stereocenters. The van der Waals surface area contributed by atoms with Crippen LogP contribution in [0.5, 0.6) is 0 Å². The quantitative estimate of drug-likeness (QED) is 0.146. The Balaban J connectivity index is 0. The van der Waals surface area contributed by atoms with Crippen molar-refractivity contribution >= 4 is 25.3 Å². The molecule has 23 heavy (non-hydrogen) atoms. The van der Waals surface area contributed by atoms with Gasteiger partial charge in [-0.05, 0) is 5.41 Å². The van der Waals surface area contributed by atoms with Gasteiger partial charge in [-0.1, -0.05) is 52.1 Å². The average Bonchev–Trinajstić information content (AvgIpc) is 2.46. The minimum absolute atomic E-state index is 0. The van der Waals surface area contributed by atoms with Crippen molar-refractivity contribution in [2.24, 2.45) is 11.3 Å². The number of hydrogen-bond donors (Lipinski definition) is 1. The van der Waals surface area contributed by atoms with Gasteiger partial charge in [0.15, 0.2) is 0 Å². The van der Waals surface area contributed by atoms with Gasteiger partial charge in [-0.15, -0.1) is 18.2 Å². The van der Waals surface area contributed by atoms with Gasteiger partial charge in [-0.3, -0.25) is 4.79 Å². The van der Waals surface area contributed by atoms with Crippen molar-refractivity contribution in [1.82, 2.24) is 0 Å². The van der Waals surface area contributed by atoms with Crippen molar-refractivity contribution in [3.05, 3.63) is 24.3 Å². The van der Waals surface area contributed by atoms with Crippen molar-refractivity contribution < 1.29 is 45.4 Å². The summed E-state index contributed by atoms with van der Waals surface area (Å²) in [5.41, 5.74) is 0.0404. The second-order valence-corrected chi connectivity index (χ2v) is 5.79. The van der Waals surface area contributed by atoms with Crippen molar-refractivity contribution in [2.75, 3.05) is 7.11 Å². The number of Topliss-reactive ketones (excluding diaryl/α,β-unsaturated/α-hetero) is 1. The van der Waals surface area contributed by atoms with Crippen LogP contribution in [-0.2, 0) is 14.3 Å². The summed E-state index contributed by atoms with van der Waals surface area (Å²) in [6, 6.07) is 0. The molecule has 0 amide bonds.